The molecule has 2 N–H and O–H groups in total. The SMILES string of the molecule is CN=C(NCCSc1ccccc1)NCC(C)C(=O)OC. The van der Waals surface area contributed by atoms with E-state index in [1.54, 1.807) is 18.8 Å². The Labute approximate surface area is 130 Å². The second kappa shape index (κ2) is 10.1. The molecule has 1 atom stereocenters. The molecule has 1 aromatic rings. The molecule has 0 amide bonds. The number of ether oxygens (including phenoxy) is 1. The van der Waals surface area contributed by atoms with E-state index in [0.29, 0.717) is 12.5 Å². The van der Waals surface area contributed by atoms with Crippen LogP contribution in [0, 0.1) is 5.92 Å². The van der Waals surface area contributed by atoms with E-state index in [0.717, 1.165) is 12.3 Å². The van der Waals surface area contributed by atoms with Crippen LogP contribution < -0.4 is 10.6 Å². The van der Waals surface area contributed by atoms with Gasteiger partial charge in [-0.15, -0.1) is 11.8 Å². The Morgan fingerprint density at radius 1 is 1.33 bits per heavy atom. The molecule has 0 saturated heterocycles. The Morgan fingerprint density at radius 3 is 2.67 bits per heavy atom. The minimum atomic E-state index is -0.224. The van der Waals surface area contributed by atoms with Gasteiger partial charge in [0.25, 0.3) is 0 Å². The van der Waals surface area contributed by atoms with Crippen molar-refractivity contribution in [3.05, 3.63) is 30.3 Å². The van der Waals surface area contributed by atoms with Crippen molar-refractivity contribution < 1.29 is 9.53 Å². The molecular weight excluding hydrogens is 286 g/mol. The van der Waals surface area contributed by atoms with Gasteiger partial charge >= 0.3 is 5.97 Å². The maximum Gasteiger partial charge on any atom is 0.310 e. The monoisotopic (exact) mass is 309 g/mol. The number of thioether (sulfide) groups is 1. The van der Waals surface area contributed by atoms with Gasteiger partial charge in [0.15, 0.2) is 5.96 Å². The largest absolute Gasteiger partial charge is 0.469 e. The van der Waals surface area contributed by atoms with Gasteiger partial charge < -0.3 is 15.4 Å². The van der Waals surface area contributed by atoms with Crippen LogP contribution in [0.3, 0.4) is 0 Å². The van der Waals surface area contributed by atoms with E-state index in [1.807, 2.05) is 25.1 Å². The third kappa shape index (κ3) is 7.04. The molecule has 116 valence electrons. The lowest BCUT2D eigenvalue weighted by Crippen LogP contribution is -2.41. The Hall–Kier alpha value is -1.69. The predicted octanol–water partition coefficient (Wildman–Crippen LogP) is 1.75. The Bertz CT molecular complexity index is 451. The van der Waals surface area contributed by atoms with Crippen LogP contribution >= 0.6 is 11.8 Å². The average Bonchev–Trinajstić information content (AvgIpc) is 2.54. The number of nitrogens with zero attached hydrogens (tertiary/aromatic N) is 1. The summed E-state index contributed by atoms with van der Waals surface area (Å²) in [5, 5.41) is 6.33. The van der Waals surface area contributed by atoms with Crippen molar-refractivity contribution >= 4 is 23.7 Å². The summed E-state index contributed by atoms with van der Waals surface area (Å²) in [4.78, 5) is 16.7. The molecule has 21 heavy (non-hydrogen) atoms. The van der Waals surface area contributed by atoms with Crippen LogP contribution in [0.1, 0.15) is 6.92 Å². The van der Waals surface area contributed by atoms with Crippen molar-refractivity contribution in [1.29, 1.82) is 0 Å². The van der Waals surface area contributed by atoms with Crippen LogP contribution in [0.2, 0.25) is 0 Å². The summed E-state index contributed by atoms with van der Waals surface area (Å²) >= 11 is 1.79. The highest BCUT2D eigenvalue weighted by atomic mass is 32.2. The van der Waals surface area contributed by atoms with Crippen molar-refractivity contribution in [2.75, 3.05) is 33.0 Å². The maximum absolute atomic E-state index is 11.3. The minimum Gasteiger partial charge on any atom is -0.469 e. The summed E-state index contributed by atoms with van der Waals surface area (Å²) < 4.78 is 4.68. The number of aliphatic imine (C=N–C) groups is 1. The number of guanidine groups is 1. The number of benzene rings is 1. The Balaban J connectivity index is 2.21. The molecule has 1 aromatic carbocycles. The fraction of sp³-hybridized carbons (Fsp3) is 0.467. The van der Waals surface area contributed by atoms with Gasteiger partial charge in [0.2, 0.25) is 0 Å². The lowest BCUT2D eigenvalue weighted by molar-refractivity contribution is -0.144. The third-order valence-corrected chi connectivity index (χ3v) is 3.82. The Morgan fingerprint density at radius 2 is 2.05 bits per heavy atom. The van der Waals surface area contributed by atoms with Crippen molar-refractivity contribution in [3.63, 3.8) is 0 Å². The zero-order valence-corrected chi connectivity index (χ0v) is 13.6. The zero-order valence-electron chi connectivity index (χ0n) is 12.8. The van der Waals surface area contributed by atoms with E-state index in [4.69, 9.17) is 0 Å². The predicted molar refractivity (Wildman–Crippen MR) is 87.7 cm³/mol. The molecule has 0 bridgehead atoms. The van der Waals surface area contributed by atoms with Crippen LogP contribution in [0.5, 0.6) is 0 Å². The molecular formula is C15H23N3O2S. The summed E-state index contributed by atoms with van der Waals surface area (Å²) in [7, 11) is 3.11. The first-order valence-corrected chi connectivity index (χ1v) is 7.86. The molecule has 6 heteroatoms. The van der Waals surface area contributed by atoms with Gasteiger partial charge in [-0.05, 0) is 12.1 Å². The van der Waals surface area contributed by atoms with E-state index in [-0.39, 0.29) is 11.9 Å². The topological polar surface area (TPSA) is 62.7 Å². The molecule has 1 unspecified atom stereocenters. The van der Waals surface area contributed by atoms with Gasteiger partial charge in [0, 0.05) is 30.8 Å². The molecule has 0 fully saturated rings. The van der Waals surface area contributed by atoms with E-state index in [1.165, 1.54) is 12.0 Å². The van der Waals surface area contributed by atoms with E-state index < -0.39 is 0 Å². The highest BCUT2D eigenvalue weighted by Crippen LogP contribution is 2.15. The highest BCUT2D eigenvalue weighted by Gasteiger charge is 2.12. The fourth-order valence-corrected chi connectivity index (χ4v) is 2.40. The number of methoxy groups -OCH3 is 1. The average molecular weight is 309 g/mol. The number of hydrogen-bond acceptors (Lipinski definition) is 4. The van der Waals surface area contributed by atoms with Crippen molar-refractivity contribution in [2.45, 2.75) is 11.8 Å². The standard InChI is InChI=1S/C15H23N3O2S/c1-12(14(19)20-3)11-18-15(16-2)17-9-10-21-13-7-5-4-6-8-13/h4-8,12H,9-11H2,1-3H3,(H2,16,17,18). The van der Waals surface area contributed by atoms with Crippen LogP contribution in [-0.2, 0) is 9.53 Å². The molecule has 0 aliphatic carbocycles. The van der Waals surface area contributed by atoms with E-state index in [9.17, 15) is 4.79 Å². The van der Waals surface area contributed by atoms with E-state index >= 15 is 0 Å². The van der Waals surface area contributed by atoms with Gasteiger partial charge in [-0.1, -0.05) is 25.1 Å². The number of carbonyl (C=O) groups excluding carboxylic acids is 1. The molecule has 0 aromatic heterocycles. The normalized spacial score (nSPS) is 12.6. The second-order valence-electron chi connectivity index (χ2n) is 4.47. The lowest BCUT2D eigenvalue weighted by Gasteiger charge is -2.14. The van der Waals surface area contributed by atoms with Crippen LogP contribution in [0.15, 0.2) is 40.2 Å². The third-order valence-electron chi connectivity index (χ3n) is 2.81. The fourth-order valence-electron chi connectivity index (χ4n) is 1.61. The second-order valence-corrected chi connectivity index (χ2v) is 5.63. The highest BCUT2D eigenvalue weighted by molar-refractivity contribution is 7.99. The smallest absolute Gasteiger partial charge is 0.310 e. The van der Waals surface area contributed by atoms with Crippen LogP contribution in [0.25, 0.3) is 0 Å². The van der Waals surface area contributed by atoms with Gasteiger partial charge in [0.1, 0.15) is 0 Å². The van der Waals surface area contributed by atoms with Crippen LogP contribution in [-0.4, -0.2) is 44.9 Å². The molecule has 0 aliphatic rings. The number of hydrogen-bond donors (Lipinski definition) is 2. The van der Waals surface area contributed by atoms with Gasteiger partial charge in [-0.3, -0.25) is 9.79 Å². The molecule has 0 radical (unpaired) electrons. The van der Waals surface area contributed by atoms with E-state index in [2.05, 4.69) is 32.5 Å². The molecule has 1 rings (SSSR count). The summed E-state index contributed by atoms with van der Waals surface area (Å²) in [6, 6.07) is 10.3. The molecule has 0 saturated carbocycles. The summed E-state index contributed by atoms with van der Waals surface area (Å²) in [6.07, 6.45) is 0. The number of nitrogens with one attached hydrogen (secondary N) is 2. The molecule has 0 aliphatic heterocycles. The summed E-state index contributed by atoms with van der Waals surface area (Å²) in [5.74, 6) is 1.21. The van der Waals surface area contributed by atoms with Gasteiger partial charge in [-0.25, -0.2) is 0 Å². The van der Waals surface area contributed by atoms with Gasteiger partial charge in [0.05, 0.1) is 13.0 Å². The molecule has 0 heterocycles. The molecule has 5 nitrogen and oxygen atoms in total. The zero-order chi connectivity index (χ0) is 15.5. The summed E-state index contributed by atoms with van der Waals surface area (Å²) in [5.41, 5.74) is 0. The van der Waals surface area contributed by atoms with Crippen molar-refractivity contribution in [1.82, 2.24) is 10.6 Å². The quantitative estimate of drug-likeness (QED) is 0.264. The van der Waals surface area contributed by atoms with Crippen molar-refractivity contribution in [2.24, 2.45) is 10.9 Å². The number of esters is 1. The molecule has 0 spiro atoms. The first kappa shape index (κ1) is 17.4. The summed E-state index contributed by atoms with van der Waals surface area (Å²) in [6.45, 7) is 3.11. The van der Waals surface area contributed by atoms with Crippen molar-refractivity contribution in [3.8, 4) is 0 Å². The lowest BCUT2D eigenvalue weighted by atomic mass is 10.2. The number of carbonyl (C=O) groups is 1. The first-order chi connectivity index (χ1) is 10.2. The minimum absolute atomic E-state index is 0.202. The number of rotatable bonds is 7. The van der Waals surface area contributed by atoms with Gasteiger partial charge in [-0.2, -0.15) is 0 Å². The Kier molecular flexibility index (Phi) is 8.35. The first-order valence-electron chi connectivity index (χ1n) is 6.87. The van der Waals surface area contributed by atoms with Crippen LogP contribution in [0.4, 0.5) is 0 Å². The maximum atomic E-state index is 11.3.